The first-order valence-electron chi connectivity index (χ1n) is 8.32. The van der Waals surface area contributed by atoms with Crippen molar-refractivity contribution in [3.8, 4) is 11.3 Å². The van der Waals surface area contributed by atoms with Gasteiger partial charge in [0, 0.05) is 48.2 Å². The lowest BCUT2D eigenvalue weighted by Crippen LogP contribution is -2.28. The molecule has 0 radical (unpaired) electrons. The number of carbonyl (C=O) groups excluding carboxylic acids is 1. The summed E-state index contributed by atoms with van der Waals surface area (Å²) < 4.78 is 1.76. The van der Waals surface area contributed by atoms with E-state index in [2.05, 4.69) is 20.7 Å². The summed E-state index contributed by atoms with van der Waals surface area (Å²) in [4.78, 5) is 17.3. The van der Waals surface area contributed by atoms with E-state index in [-0.39, 0.29) is 30.2 Å². The van der Waals surface area contributed by atoms with Crippen LogP contribution in [0, 0.1) is 5.92 Å². The van der Waals surface area contributed by atoms with Gasteiger partial charge in [0.25, 0.3) is 0 Å². The molecular formula is C18H19Cl2N5OS. The van der Waals surface area contributed by atoms with Crippen LogP contribution in [0.4, 0.5) is 5.13 Å². The second-order valence-corrected chi connectivity index (χ2v) is 7.59. The highest BCUT2D eigenvalue weighted by Gasteiger charge is 2.35. The molecule has 1 aliphatic heterocycles. The van der Waals surface area contributed by atoms with E-state index in [9.17, 15) is 4.79 Å². The van der Waals surface area contributed by atoms with Gasteiger partial charge in [0.15, 0.2) is 5.13 Å². The molecule has 1 aromatic carbocycles. The minimum absolute atomic E-state index is 0. The van der Waals surface area contributed by atoms with E-state index < -0.39 is 0 Å². The van der Waals surface area contributed by atoms with Crippen LogP contribution in [-0.2, 0) is 11.8 Å². The van der Waals surface area contributed by atoms with Crippen LogP contribution in [0.25, 0.3) is 11.3 Å². The molecule has 1 amide bonds. The summed E-state index contributed by atoms with van der Waals surface area (Å²) in [5.41, 5.74) is 2.71. The molecule has 0 saturated carbocycles. The normalized spacial score (nSPS) is 18.9. The van der Waals surface area contributed by atoms with Crippen molar-refractivity contribution in [3.05, 3.63) is 52.6 Å². The average molecular weight is 424 g/mol. The van der Waals surface area contributed by atoms with Gasteiger partial charge in [0.05, 0.1) is 17.8 Å². The number of benzene rings is 1. The fourth-order valence-corrected chi connectivity index (χ4v) is 4.20. The van der Waals surface area contributed by atoms with Gasteiger partial charge in [-0.3, -0.25) is 9.48 Å². The summed E-state index contributed by atoms with van der Waals surface area (Å²) in [6.45, 7) is 1.42. The molecule has 1 fully saturated rings. The van der Waals surface area contributed by atoms with Gasteiger partial charge in [0.2, 0.25) is 5.91 Å². The van der Waals surface area contributed by atoms with Gasteiger partial charge in [-0.25, -0.2) is 4.98 Å². The Kier molecular flexibility index (Phi) is 6.16. The van der Waals surface area contributed by atoms with Crippen molar-refractivity contribution in [1.29, 1.82) is 0 Å². The van der Waals surface area contributed by atoms with Crippen LogP contribution in [0.1, 0.15) is 11.5 Å². The maximum absolute atomic E-state index is 12.8. The molecule has 6 nitrogen and oxygen atoms in total. The number of anilines is 1. The Hall–Kier alpha value is -1.93. The van der Waals surface area contributed by atoms with Crippen molar-refractivity contribution < 1.29 is 4.79 Å². The van der Waals surface area contributed by atoms with Gasteiger partial charge >= 0.3 is 0 Å². The Morgan fingerprint density at radius 3 is 2.93 bits per heavy atom. The molecule has 4 rings (SSSR count). The molecule has 1 aliphatic rings. The van der Waals surface area contributed by atoms with Gasteiger partial charge in [-0.2, -0.15) is 5.10 Å². The first-order chi connectivity index (χ1) is 12.6. The van der Waals surface area contributed by atoms with E-state index in [0.717, 1.165) is 23.4 Å². The summed E-state index contributed by atoms with van der Waals surface area (Å²) in [6, 6.07) is 7.55. The Labute approximate surface area is 172 Å². The molecule has 0 aliphatic carbocycles. The summed E-state index contributed by atoms with van der Waals surface area (Å²) >= 11 is 7.63. The van der Waals surface area contributed by atoms with Gasteiger partial charge in [-0.05, 0) is 11.6 Å². The Balaban J connectivity index is 0.00000210. The number of hydrogen-bond donors (Lipinski definition) is 2. The van der Waals surface area contributed by atoms with Crippen LogP contribution in [0.5, 0.6) is 0 Å². The van der Waals surface area contributed by atoms with Crippen molar-refractivity contribution in [3.63, 3.8) is 0 Å². The maximum atomic E-state index is 12.8. The minimum atomic E-state index is -0.146. The molecule has 3 heterocycles. The molecule has 2 N–H and O–H groups in total. The number of thiazole rings is 1. The number of hydrogen-bond acceptors (Lipinski definition) is 5. The Bertz CT molecular complexity index is 941. The quantitative estimate of drug-likeness (QED) is 0.672. The molecule has 27 heavy (non-hydrogen) atoms. The molecule has 1 saturated heterocycles. The van der Waals surface area contributed by atoms with E-state index >= 15 is 0 Å². The monoisotopic (exact) mass is 423 g/mol. The van der Waals surface area contributed by atoms with Crippen LogP contribution in [0.3, 0.4) is 0 Å². The van der Waals surface area contributed by atoms with Crippen molar-refractivity contribution in [1.82, 2.24) is 20.1 Å². The number of rotatable bonds is 4. The molecule has 142 valence electrons. The largest absolute Gasteiger partial charge is 0.315 e. The second-order valence-electron chi connectivity index (χ2n) is 6.33. The van der Waals surface area contributed by atoms with Crippen LogP contribution < -0.4 is 10.6 Å². The van der Waals surface area contributed by atoms with Crippen LogP contribution in [0.15, 0.2) is 42.0 Å². The molecule has 2 aromatic heterocycles. The number of aromatic nitrogens is 3. The highest BCUT2D eigenvalue weighted by molar-refractivity contribution is 7.14. The molecule has 0 spiro atoms. The lowest BCUT2D eigenvalue weighted by molar-refractivity contribution is -0.119. The highest BCUT2D eigenvalue weighted by Crippen LogP contribution is 2.32. The Morgan fingerprint density at radius 2 is 2.19 bits per heavy atom. The number of nitrogens with zero attached hydrogens (tertiary/aromatic N) is 3. The third-order valence-corrected chi connectivity index (χ3v) is 5.68. The highest BCUT2D eigenvalue weighted by atomic mass is 35.5. The van der Waals surface area contributed by atoms with E-state index in [4.69, 9.17) is 11.6 Å². The first-order valence-corrected chi connectivity index (χ1v) is 9.58. The molecule has 2 atom stereocenters. The lowest BCUT2D eigenvalue weighted by atomic mass is 9.90. The summed E-state index contributed by atoms with van der Waals surface area (Å²) in [5.74, 6) is -0.0533. The van der Waals surface area contributed by atoms with E-state index in [0.29, 0.717) is 16.7 Å². The van der Waals surface area contributed by atoms with E-state index in [1.165, 1.54) is 11.3 Å². The first kappa shape index (κ1) is 19.8. The summed E-state index contributed by atoms with van der Waals surface area (Å²) in [7, 11) is 1.88. The van der Waals surface area contributed by atoms with Crippen molar-refractivity contribution in [2.45, 2.75) is 5.92 Å². The number of carbonyl (C=O) groups is 1. The average Bonchev–Trinajstić information content (AvgIpc) is 3.35. The summed E-state index contributed by atoms with van der Waals surface area (Å²) in [6.07, 6.45) is 3.80. The molecule has 9 heteroatoms. The van der Waals surface area contributed by atoms with Gasteiger partial charge in [-0.15, -0.1) is 23.7 Å². The predicted molar refractivity (Wildman–Crippen MR) is 111 cm³/mol. The number of nitrogens with one attached hydrogen (secondary N) is 2. The Morgan fingerprint density at radius 1 is 1.37 bits per heavy atom. The van der Waals surface area contributed by atoms with E-state index in [1.807, 2.05) is 49.1 Å². The van der Waals surface area contributed by atoms with Crippen LogP contribution in [0.2, 0.25) is 5.02 Å². The minimum Gasteiger partial charge on any atom is -0.315 e. The van der Waals surface area contributed by atoms with Gasteiger partial charge in [0.1, 0.15) is 0 Å². The molecule has 0 unspecified atom stereocenters. The zero-order chi connectivity index (χ0) is 18.1. The third kappa shape index (κ3) is 4.16. The standard InChI is InChI=1S/C18H18ClN5OS.ClH/c1-24-9-11(6-21-24)13-7-20-8-14(13)17(25)23-18-22-16(10-26-18)12-4-2-3-5-15(12)19;/h2-6,9-10,13-14,20H,7-8H2,1H3,(H,22,23,25);1H/t13-,14+;/m1./s1. The van der Waals surface area contributed by atoms with Crippen LogP contribution in [-0.4, -0.2) is 33.8 Å². The van der Waals surface area contributed by atoms with Crippen molar-refractivity contribution in [2.75, 3.05) is 18.4 Å². The maximum Gasteiger partial charge on any atom is 0.231 e. The predicted octanol–water partition coefficient (Wildman–Crippen LogP) is 3.56. The van der Waals surface area contributed by atoms with Crippen molar-refractivity contribution in [2.24, 2.45) is 13.0 Å². The zero-order valence-electron chi connectivity index (χ0n) is 14.6. The third-order valence-electron chi connectivity index (χ3n) is 4.59. The van der Waals surface area contributed by atoms with E-state index in [1.54, 1.807) is 4.68 Å². The SMILES string of the molecule is Cl.Cn1cc([C@H]2CNC[C@@H]2C(=O)Nc2nc(-c3ccccc3Cl)cs2)cn1. The second kappa shape index (κ2) is 8.39. The van der Waals surface area contributed by atoms with Crippen molar-refractivity contribution >= 4 is 46.4 Å². The molecular weight excluding hydrogens is 405 g/mol. The van der Waals surface area contributed by atoms with Gasteiger partial charge in [-0.1, -0.05) is 29.8 Å². The molecule has 3 aromatic rings. The zero-order valence-corrected chi connectivity index (χ0v) is 16.9. The van der Waals surface area contributed by atoms with Gasteiger partial charge < -0.3 is 10.6 Å². The number of amides is 1. The smallest absolute Gasteiger partial charge is 0.231 e. The fourth-order valence-electron chi connectivity index (χ4n) is 3.26. The lowest BCUT2D eigenvalue weighted by Gasteiger charge is -2.15. The molecule has 0 bridgehead atoms. The van der Waals surface area contributed by atoms with Crippen LogP contribution >= 0.6 is 35.3 Å². The summed E-state index contributed by atoms with van der Waals surface area (Å²) in [5, 5.41) is 13.6. The fraction of sp³-hybridized carbons (Fsp3) is 0.278. The number of halogens is 2. The number of aryl methyl sites for hydroxylation is 1. The topological polar surface area (TPSA) is 71.8 Å².